The van der Waals surface area contributed by atoms with Crippen LogP contribution in [0.15, 0.2) is 0 Å². The first-order chi connectivity index (χ1) is 9.66. The van der Waals surface area contributed by atoms with E-state index < -0.39 is 0 Å². The molecule has 5 heteroatoms. The highest BCUT2D eigenvalue weighted by atomic mass is 16.6. The van der Waals surface area contributed by atoms with Gasteiger partial charge >= 0.3 is 5.97 Å². The van der Waals surface area contributed by atoms with Crippen LogP contribution >= 0.6 is 0 Å². The van der Waals surface area contributed by atoms with Gasteiger partial charge in [-0.3, -0.25) is 4.79 Å². The van der Waals surface area contributed by atoms with Crippen LogP contribution in [-0.4, -0.2) is 44.8 Å². The van der Waals surface area contributed by atoms with Gasteiger partial charge in [-0.15, -0.1) is 0 Å². The smallest absolute Gasteiger partial charge is 0.306 e. The van der Waals surface area contributed by atoms with Crippen LogP contribution in [0.25, 0.3) is 0 Å². The summed E-state index contributed by atoms with van der Waals surface area (Å²) in [5.41, 5.74) is 0. The Bertz CT molecular complexity index is 253. The largest absolute Gasteiger partial charge is 0.463 e. The molecular formula is C15H28O5. The zero-order chi connectivity index (χ0) is 15.1. The maximum Gasteiger partial charge on any atom is 0.306 e. The van der Waals surface area contributed by atoms with Crippen LogP contribution in [0.4, 0.5) is 0 Å². The normalized spacial score (nSPS) is 10.5. The van der Waals surface area contributed by atoms with Crippen molar-refractivity contribution in [1.82, 2.24) is 0 Å². The molecule has 0 N–H and O–H groups in total. The van der Waals surface area contributed by atoms with Crippen molar-refractivity contribution in [1.29, 1.82) is 0 Å². The standard InChI is InChI=1S/C15H28O5/c1-3-4-5-6-9-18-10-11-19-12-13-20-15(17)8-7-14(2)16/h3-13H2,1-2H3. The molecule has 0 atom stereocenters. The van der Waals surface area contributed by atoms with Crippen molar-refractivity contribution in [2.45, 2.75) is 52.4 Å². The molecule has 0 aliphatic heterocycles. The van der Waals surface area contributed by atoms with Crippen molar-refractivity contribution in [3.05, 3.63) is 0 Å². The summed E-state index contributed by atoms with van der Waals surface area (Å²) in [6, 6.07) is 0. The number of carbonyl (C=O) groups excluding carboxylic acids is 2. The number of unbranched alkanes of at least 4 members (excludes halogenated alkanes) is 3. The van der Waals surface area contributed by atoms with Crippen LogP contribution in [0.1, 0.15) is 52.4 Å². The molecule has 0 aromatic rings. The van der Waals surface area contributed by atoms with Crippen LogP contribution in [0, 0.1) is 0 Å². The quantitative estimate of drug-likeness (QED) is 0.363. The Morgan fingerprint density at radius 2 is 1.45 bits per heavy atom. The lowest BCUT2D eigenvalue weighted by Crippen LogP contribution is -2.13. The van der Waals surface area contributed by atoms with Crippen molar-refractivity contribution in [3.63, 3.8) is 0 Å². The lowest BCUT2D eigenvalue weighted by atomic mass is 10.2. The number of esters is 1. The molecule has 0 bridgehead atoms. The summed E-state index contributed by atoms with van der Waals surface area (Å²) in [6.45, 7) is 6.10. The lowest BCUT2D eigenvalue weighted by molar-refractivity contribution is -0.146. The van der Waals surface area contributed by atoms with Gasteiger partial charge in [0.15, 0.2) is 0 Å². The van der Waals surface area contributed by atoms with Gasteiger partial charge in [0, 0.05) is 13.0 Å². The van der Waals surface area contributed by atoms with E-state index in [1.165, 1.54) is 26.2 Å². The van der Waals surface area contributed by atoms with E-state index >= 15 is 0 Å². The highest BCUT2D eigenvalue weighted by Gasteiger charge is 2.04. The van der Waals surface area contributed by atoms with Gasteiger partial charge in [-0.2, -0.15) is 0 Å². The molecule has 20 heavy (non-hydrogen) atoms. The molecule has 0 amide bonds. The Morgan fingerprint density at radius 3 is 2.10 bits per heavy atom. The summed E-state index contributed by atoms with van der Waals surface area (Å²) in [4.78, 5) is 21.8. The summed E-state index contributed by atoms with van der Waals surface area (Å²) in [7, 11) is 0. The fourth-order valence-electron chi connectivity index (χ4n) is 1.52. The molecule has 0 rings (SSSR count). The van der Waals surface area contributed by atoms with E-state index in [1.807, 2.05) is 0 Å². The van der Waals surface area contributed by atoms with E-state index in [0.29, 0.717) is 19.8 Å². The summed E-state index contributed by atoms with van der Waals surface area (Å²) >= 11 is 0. The number of ether oxygens (including phenoxy) is 3. The maximum atomic E-state index is 11.2. The van der Waals surface area contributed by atoms with Gasteiger partial charge in [0.1, 0.15) is 12.4 Å². The van der Waals surface area contributed by atoms with Crippen LogP contribution in [0.2, 0.25) is 0 Å². The molecule has 0 aromatic heterocycles. The van der Waals surface area contributed by atoms with E-state index in [0.717, 1.165) is 13.0 Å². The molecule has 0 unspecified atom stereocenters. The first kappa shape index (κ1) is 19.1. The fraction of sp³-hybridized carbons (Fsp3) is 0.867. The highest BCUT2D eigenvalue weighted by molar-refractivity contribution is 5.80. The predicted molar refractivity (Wildman–Crippen MR) is 76.7 cm³/mol. The average Bonchev–Trinajstić information content (AvgIpc) is 2.42. The SMILES string of the molecule is CCCCCCOCCOCCOC(=O)CCC(C)=O. The van der Waals surface area contributed by atoms with Gasteiger partial charge < -0.3 is 19.0 Å². The van der Waals surface area contributed by atoms with E-state index in [1.54, 1.807) is 0 Å². The molecule has 0 spiro atoms. The Kier molecular flexibility index (Phi) is 13.8. The minimum Gasteiger partial charge on any atom is -0.463 e. The molecule has 0 fully saturated rings. The number of hydrogen-bond donors (Lipinski definition) is 0. The van der Waals surface area contributed by atoms with Crippen molar-refractivity contribution in [3.8, 4) is 0 Å². The monoisotopic (exact) mass is 288 g/mol. The molecule has 0 radical (unpaired) electrons. The van der Waals surface area contributed by atoms with Gasteiger partial charge in [0.2, 0.25) is 0 Å². The predicted octanol–water partition coefficient (Wildman–Crippen LogP) is 2.51. The van der Waals surface area contributed by atoms with Crippen LogP contribution in [0.5, 0.6) is 0 Å². The molecule has 0 heterocycles. The molecule has 0 saturated heterocycles. The number of ketones is 1. The number of hydrogen-bond acceptors (Lipinski definition) is 5. The average molecular weight is 288 g/mol. The summed E-state index contributed by atoms with van der Waals surface area (Å²) in [5, 5.41) is 0. The minimum atomic E-state index is -0.351. The molecular weight excluding hydrogens is 260 g/mol. The fourth-order valence-corrected chi connectivity index (χ4v) is 1.52. The first-order valence-electron chi connectivity index (χ1n) is 7.47. The molecule has 0 aliphatic rings. The van der Waals surface area contributed by atoms with Crippen LogP contribution < -0.4 is 0 Å². The number of carbonyl (C=O) groups is 2. The second-order valence-electron chi connectivity index (χ2n) is 4.71. The van der Waals surface area contributed by atoms with E-state index in [4.69, 9.17) is 14.2 Å². The Labute approximate surface area is 122 Å². The van der Waals surface area contributed by atoms with Gasteiger partial charge in [-0.05, 0) is 13.3 Å². The second-order valence-corrected chi connectivity index (χ2v) is 4.71. The zero-order valence-electron chi connectivity index (χ0n) is 12.8. The Hall–Kier alpha value is -0.940. The molecule has 5 nitrogen and oxygen atoms in total. The Morgan fingerprint density at radius 1 is 0.800 bits per heavy atom. The third-order valence-electron chi connectivity index (χ3n) is 2.69. The van der Waals surface area contributed by atoms with E-state index in [-0.39, 0.29) is 31.2 Å². The van der Waals surface area contributed by atoms with E-state index in [2.05, 4.69) is 6.92 Å². The van der Waals surface area contributed by atoms with Gasteiger partial charge in [-0.25, -0.2) is 0 Å². The molecule has 118 valence electrons. The third-order valence-corrected chi connectivity index (χ3v) is 2.69. The summed E-state index contributed by atoms with van der Waals surface area (Å²) in [5.74, 6) is -0.356. The van der Waals surface area contributed by atoms with Crippen molar-refractivity contribution < 1.29 is 23.8 Å². The highest BCUT2D eigenvalue weighted by Crippen LogP contribution is 1.98. The number of Topliss-reactive ketones (excluding diaryl/α,β-unsaturated/α-hetero) is 1. The van der Waals surface area contributed by atoms with E-state index in [9.17, 15) is 9.59 Å². The van der Waals surface area contributed by atoms with Gasteiger partial charge in [0.25, 0.3) is 0 Å². The summed E-state index contributed by atoms with van der Waals surface area (Å²) in [6.07, 6.45) is 5.19. The molecule has 0 aliphatic carbocycles. The Balaban J connectivity index is 3.12. The molecule has 0 aromatic carbocycles. The molecule has 0 saturated carbocycles. The van der Waals surface area contributed by atoms with Crippen molar-refractivity contribution in [2.24, 2.45) is 0 Å². The lowest BCUT2D eigenvalue weighted by Gasteiger charge is -2.06. The second kappa shape index (κ2) is 14.5. The van der Waals surface area contributed by atoms with Crippen LogP contribution in [-0.2, 0) is 23.8 Å². The van der Waals surface area contributed by atoms with Crippen molar-refractivity contribution >= 4 is 11.8 Å². The zero-order valence-corrected chi connectivity index (χ0v) is 12.8. The number of rotatable bonds is 14. The third kappa shape index (κ3) is 15.1. The first-order valence-corrected chi connectivity index (χ1v) is 7.47. The van der Waals surface area contributed by atoms with Crippen molar-refractivity contribution in [2.75, 3.05) is 33.0 Å². The maximum absolute atomic E-state index is 11.2. The summed E-state index contributed by atoms with van der Waals surface area (Å²) < 4.78 is 15.6. The topological polar surface area (TPSA) is 61.8 Å². The van der Waals surface area contributed by atoms with Gasteiger partial charge in [-0.1, -0.05) is 26.2 Å². The minimum absolute atomic E-state index is 0.00529. The van der Waals surface area contributed by atoms with Crippen LogP contribution in [0.3, 0.4) is 0 Å². The van der Waals surface area contributed by atoms with Gasteiger partial charge in [0.05, 0.1) is 26.2 Å².